The second-order valence-electron chi connectivity index (χ2n) is 5.52. The molecule has 1 aliphatic rings. The van der Waals surface area contributed by atoms with Crippen LogP contribution in [0.1, 0.15) is 30.5 Å². The van der Waals surface area contributed by atoms with Gasteiger partial charge in [-0.2, -0.15) is 0 Å². The van der Waals surface area contributed by atoms with Crippen LogP contribution in [-0.4, -0.2) is 13.7 Å². The number of ether oxygens (including phenoxy) is 1. The Bertz CT molecular complexity index is 654. The second kappa shape index (κ2) is 6.08. The summed E-state index contributed by atoms with van der Waals surface area (Å²) < 4.78 is 5.67. The maximum atomic E-state index is 6.43. The molecule has 0 fully saturated rings. The smallest absolute Gasteiger partial charge is 0.122 e. The summed E-state index contributed by atoms with van der Waals surface area (Å²) >= 11 is 6.43. The molecule has 0 bridgehead atoms. The zero-order chi connectivity index (χ0) is 14.8. The van der Waals surface area contributed by atoms with Crippen LogP contribution in [0.4, 0.5) is 0 Å². The van der Waals surface area contributed by atoms with Crippen LogP contribution in [0, 0.1) is 0 Å². The predicted octanol–water partition coefficient (Wildman–Crippen LogP) is 4.61. The molecule has 0 amide bonds. The zero-order valence-electron chi connectivity index (χ0n) is 12.4. The number of hydrogen-bond donors (Lipinski definition) is 1. The highest BCUT2D eigenvalue weighted by molar-refractivity contribution is 6.31. The van der Waals surface area contributed by atoms with Gasteiger partial charge in [-0.05, 0) is 67.3 Å². The normalized spacial score (nSPS) is 15.2. The van der Waals surface area contributed by atoms with Crippen molar-refractivity contribution in [3.63, 3.8) is 0 Å². The van der Waals surface area contributed by atoms with Gasteiger partial charge in [0, 0.05) is 11.1 Å². The molecule has 0 aromatic heterocycles. The number of benzene rings is 2. The van der Waals surface area contributed by atoms with Crippen LogP contribution in [0.25, 0.3) is 11.1 Å². The molecule has 0 saturated heterocycles. The third kappa shape index (κ3) is 2.92. The van der Waals surface area contributed by atoms with Gasteiger partial charge in [0.05, 0.1) is 6.61 Å². The molecule has 0 radical (unpaired) electrons. The van der Waals surface area contributed by atoms with E-state index in [1.165, 1.54) is 11.1 Å². The van der Waals surface area contributed by atoms with Crippen molar-refractivity contribution in [2.45, 2.75) is 25.8 Å². The number of rotatable bonds is 3. The van der Waals surface area contributed by atoms with E-state index >= 15 is 0 Å². The number of nitrogens with one attached hydrogen (secondary N) is 1. The van der Waals surface area contributed by atoms with Crippen molar-refractivity contribution in [1.82, 2.24) is 5.32 Å². The van der Waals surface area contributed by atoms with Crippen LogP contribution in [0.15, 0.2) is 36.4 Å². The van der Waals surface area contributed by atoms with E-state index in [0.717, 1.165) is 41.3 Å². The van der Waals surface area contributed by atoms with Gasteiger partial charge in [-0.25, -0.2) is 0 Å². The van der Waals surface area contributed by atoms with E-state index in [0.29, 0.717) is 0 Å². The van der Waals surface area contributed by atoms with E-state index in [4.69, 9.17) is 16.3 Å². The molecule has 110 valence electrons. The van der Waals surface area contributed by atoms with Crippen molar-refractivity contribution in [2.75, 3.05) is 13.7 Å². The number of hydrogen-bond acceptors (Lipinski definition) is 2. The van der Waals surface area contributed by atoms with Crippen molar-refractivity contribution in [3.8, 4) is 16.9 Å². The molecule has 3 rings (SSSR count). The third-order valence-corrected chi connectivity index (χ3v) is 4.47. The summed E-state index contributed by atoms with van der Waals surface area (Å²) in [5, 5.41) is 4.03. The fraction of sp³-hybridized carbons (Fsp3) is 0.333. The van der Waals surface area contributed by atoms with Gasteiger partial charge in [0.15, 0.2) is 0 Å². The van der Waals surface area contributed by atoms with Gasteiger partial charge in [0.2, 0.25) is 0 Å². The SMILES string of the molecule is CNC(C)c1ccc(-c2ccc3c(c2)CCCO3)cc1Cl. The summed E-state index contributed by atoms with van der Waals surface area (Å²) in [4.78, 5) is 0. The van der Waals surface area contributed by atoms with E-state index in [1.807, 2.05) is 7.05 Å². The van der Waals surface area contributed by atoms with Crippen LogP contribution < -0.4 is 10.1 Å². The van der Waals surface area contributed by atoms with Gasteiger partial charge < -0.3 is 10.1 Å². The summed E-state index contributed by atoms with van der Waals surface area (Å²) in [6.07, 6.45) is 2.18. The van der Waals surface area contributed by atoms with Crippen LogP contribution >= 0.6 is 11.6 Å². The minimum absolute atomic E-state index is 0.253. The van der Waals surface area contributed by atoms with Gasteiger partial charge in [-0.15, -0.1) is 0 Å². The second-order valence-corrected chi connectivity index (χ2v) is 5.93. The molecule has 2 nitrogen and oxygen atoms in total. The van der Waals surface area contributed by atoms with Crippen molar-refractivity contribution in [3.05, 3.63) is 52.5 Å². The summed E-state index contributed by atoms with van der Waals surface area (Å²) in [7, 11) is 1.94. The molecule has 1 aliphatic heterocycles. The Morgan fingerprint density at radius 1 is 1.14 bits per heavy atom. The lowest BCUT2D eigenvalue weighted by atomic mass is 9.97. The van der Waals surface area contributed by atoms with Crippen LogP contribution in [0.2, 0.25) is 5.02 Å². The third-order valence-electron chi connectivity index (χ3n) is 4.14. The van der Waals surface area contributed by atoms with Gasteiger partial charge in [-0.1, -0.05) is 29.8 Å². The Balaban J connectivity index is 1.95. The molecule has 1 unspecified atom stereocenters. The molecule has 1 atom stereocenters. The van der Waals surface area contributed by atoms with Gasteiger partial charge >= 0.3 is 0 Å². The minimum Gasteiger partial charge on any atom is -0.493 e. The quantitative estimate of drug-likeness (QED) is 0.893. The maximum Gasteiger partial charge on any atom is 0.122 e. The Labute approximate surface area is 131 Å². The average Bonchev–Trinajstić information content (AvgIpc) is 2.53. The number of halogens is 1. The lowest BCUT2D eigenvalue weighted by Crippen LogP contribution is -2.12. The lowest BCUT2D eigenvalue weighted by Gasteiger charge is -2.18. The highest BCUT2D eigenvalue weighted by Crippen LogP contribution is 2.33. The number of aryl methyl sites for hydroxylation is 1. The van der Waals surface area contributed by atoms with Crippen molar-refractivity contribution in [1.29, 1.82) is 0 Å². The minimum atomic E-state index is 0.253. The first-order valence-corrected chi connectivity index (χ1v) is 7.79. The van der Waals surface area contributed by atoms with Gasteiger partial charge in [-0.3, -0.25) is 0 Å². The zero-order valence-corrected chi connectivity index (χ0v) is 13.2. The van der Waals surface area contributed by atoms with E-state index in [1.54, 1.807) is 0 Å². The molecule has 1 heterocycles. The first-order valence-electron chi connectivity index (χ1n) is 7.42. The summed E-state index contributed by atoms with van der Waals surface area (Å²) in [6.45, 7) is 2.94. The van der Waals surface area contributed by atoms with Crippen molar-refractivity contribution in [2.24, 2.45) is 0 Å². The standard InChI is InChI=1S/C18H20ClNO/c1-12(20-2)16-7-5-14(11-17(16)19)13-6-8-18-15(10-13)4-3-9-21-18/h5-8,10-12,20H,3-4,9H2,1-2H3. The molecule has 21 heavy (non-hydrogen) atoms. The molecule has 0 aliphatic carbocycles. The number of fused-ring (bicyclic) bond motifs is 1. The fourth-order valence-electron chi connectivity index (χ4n) is 2.75. The largest absolute Gasteiger partial charge is 0.493 e. The summed E-state index contributed by atoms with van der Waals surface area (Å²) in [5.74, 6) is 1.02. The molecule has 3 heteroatoms. The highest BCUT2D eigenvalue weighted by atomic mass is 35.5. The monoisotopic (exact) mass is 301 g/mol. The summed E-state index contributed by atoms with van der Waals surface area (Å²) in [6, 6.07) is 13.0. The topological polar surface area (TPSA) is 21.3 Å². The van der Waals surface area contributed by atoms with Crippen molar-refractivity contribution < 1.29 is 4.74 Å². The van der Waals surface area contributed by atoms with Gasteiger partial charge in [0.25, 0.3) is 0 Å². The average molecular weight is 302 g/mol. The summed E-state index contributed by atoms with van der Waals surface area (Å²) in [5.41, 5.74) is 4.77. The molecule has 1 N–H and O–H groups in total. The van der Waals surface area contributed by atoms with Crippen LogP contribution in [-0.2, 0) is 6.42 Å². The Morgan fingerprint density at radius 3 is 2.67 bits per heavy atom. The van der Waals surface area contributed by atoms with Gasteiger partial charge in [0.1, 0.15) is 5.75 Å². The molecule has 2 aromatic carbocycles. The Morgan fingerprint density at radius 2 is 1.90 bits per heavy atom. The van der Waals surface area contributed by atoms with E-state index in [9.17, 15) is 0 Å². The van der Waals surface area contributed by atoms with Crippen LogP contribution in [0.5, 0.6) is 5.75 Å². The predicted molar refractivity (Wildman–Crippen MR) is 88.2 cm³/mol. The van der Waals surface area contributed by atoms with E-state index < -0.39 is 0 Å². The Hall–Kier alpha value is -1.51. The van der Waals surface area contributed by atoms with Crippen molar-refractivity contribution >= 4 is 11.6 Å². The molecule has 2 aromatic rings. The fourth-order valence-corrected chi connectivity index (χ4v) is 3.10. The molecular weight excluding hydrogens is 282 g/mol. The molecular formula is C18H20ClNO. The Kier molecular flexibility index (Phi) is 4.18. The first-order chi connectivity index (χ1) is 10.2. The molecule has 0 saturated carbocycles. The molecule has 0 spiro atoms. The van der Waals surface area contributed by atoms with Crippen LogP contribution in [0.3, 0.4) is 0 Å². The lowest BCUT2D eigenvalue weighted by molar-refractivity contribution is 0.288. The highest BCUT2D eigenvalue weighted by Gasteiger charge is 2.13. The maximum absolute atomic E-state index is 6.43. The first kappa shape index (κ1) is 14.4. The van der Waals surface area contributed by atoms with E-state index in [-0.39, 0.29) is 6.04 Å². The van der Waals surface area contributed by atoms with E-state index in [2.05, 4.69) is 48.6 Å².